The number of piperidine rings is 1. The van der Waals surface area contributed by atoms with E-state index >= 15 is 0 Å². The third kappa shape index (κ3) is 4.04. The van der Waals surface area contributed by atoms with Crippen molar-refractivity contribution < 1.29 is 0 Å². The molecule has 1 aromatic heterocycles. The highest BCUT2D eigenvalue weighted by atomic mass is 32.1. The Kier molecular flexibility index (Phi) is 4.62. The number of hydrogen-bond acceptors (Lipinski definition) is 4. The Bertz CT molecular complexity index is 445. The van der Waals surface area contributed by atoms with Gasteiger partial charge in [0.1, 0.15) is 6.07 Å². The Labute approximate surface area is 120 Å². The van der Waals surface area contributed by atoms with Gasteiger partial charge in [0, 0.05) is 41.5 Å². The molecule has 1 fully saturated rings. The topological polar surface area (TPSA) is 39.1 Å². The lowest BCUT2D eigenvalue weighted by Crippen LogP contribution is -2.49. The second kappa shape index (κ2) is 6.04. The van der Waals surface area contributed by atoms with Gasteiger partial charge in [-0.15, -0.1) is 11.3 Å². The lowest BCUT2D eigenvalue weighted by molar-refractivity contribution is 0.0961. The summed E-state index contributed by atoms with van der Waals surface area (Å²) in [4.78, 5) is 3.82. The maximum Gasteiger partial charge on any atom is 0.100 e. The van der Waals surface area contributed by atoms with Crippen molar-refractivity contribution in [1.82, 2.24) is 10.2 Å². The predicted molar refractivity (Wildman–Crippen MR) is 80.2 cm³/mol. The van der Waals surface area contributed by atoms with Gasteiger partial charge in [-0.3, -0.25) is 4.90 Å². The van der Waals surface area contributed by atoms with Crippen LogP contribution in [0.5, 0.6) is 0 Å². The number of likely N-dealkylation sites (tertiary alicyclic amines) is 1. The van der Waals surface area contributed by atoms with Crippen molar-refractivity contribution in [2.45, 2.75) is 51.7 Å². The molecule has 1 N–H and O–H groups in total. The monoisotopic (exact) mass is 277 g/mol. The third-order valence-electron chi connectivity index (χ3n) is 3.79. The first-order valence-electron chi connectivity index (χ1n) is 6.95. The van der Waals surface area contributed by atoms with E-state index in [4.69, 9.17) is 5.26 Å². The highest BCUT2D eigenvalue weighted by Gasteiger charge is 2.26. The molecule has 0 bridgehead atoms. The van der Waals surface area contributed by atoms with Gasteiger partial charge in [-0.25, -0.2) is 0 Å². The second-order valence-corrected chi connectivity index (χ2v) is 7.22. The molecule has 0 aromatic carbocycles. The highest BCUT2D eigenvalue weighted by Crippen LogP contribution is 2.21. The standard InChI is InChI=1S/C15H23N3S/c1-15(2,3)18-6-4-13(5-7-18)17-10-14-8-12(9-16)11-19-14/h8,11,13,17H,4-7,10H2,1-3H3. The van der Waals surface area contributed by atoms with Crippen molar-refractivity contribution in [2.24, 2.45) is 0 Å². The summed E-state index contributed by atoms with van der Waals surface area (Å²) in [5.74, 6) is 0. The Morgan fingerprint density at radius 2 is 2.11 bits per heavy atom. The fraction of sp³-hybridized carbons (Fsp3) is 0.667. The minimum Gasteiger partial charge on any atom is -0.309 e. The van der Waals surface area contributed by atoms with E-state index in [1.54, 1.807) is 11.3 Å². The van der Waals surface area contributed by atoms with Gasteiger partial charge in [-0.1, -0.05) is 0 Å². The molecule has 19 heavy (non-hydrogen) atoms. The minimum absolute atomic E-state index is 0.292. The van der Waals surface area contributed by atoms with E-state index in [0.717, 1.165) is 12.1 Å². The van der Waals surface area contributed by atoms with Crippen LogP contribution in [0.3, 0.4) is 0 Å². The molecule has 0 aliphatic carbocycles. The van der Waals surface area contributed by atoms with Crippen molar-refractivity contribution in [3.8, 4) is 6.07 Å². The lowest BCUT2D eigenvalue weighted by atomic mass is 9.98. The molecule has 0 radical (unpaired) electrons. The van der Waals surface area contributed by atoms with Crippen LogP contribution in [0, 0.1) is 11.3 Å². The zero-order valence-corrected chi connectivity index (χ0v) is 12.9. The molecule has 1 aromatic rings. The molecule has 0 atom stereocenters. The molecule has 0 amide bonds. The molecule has 2 rings (SSSR count). The summed E-state index contributed by atoms with van der Waals surface area (Å²) in [5, 5.41) is 14.4. The van der Waals surface area contributed by atoms with E-state index in [1.165, 1.54) is 30.8 Å². The van der Waals surface area contributed by atoms with Crippen molar-refractivity contribution in [2.75, 3.05) is 13.1 Å². The van der Waals surface area contributed by atoms with Gasteiger partial charge in [-0.2, -0.15) is 5.26 Å². The van der Waals surface area contributed by atoms with Crippen molar-refractivity contribution in [3.05, 3.63) is 21.9 Å². The Hall–Kier alpha value is -0.890. The van der Waals surface area contributed by atoms with Crippen molar-refractivity contribution in [3.63, 3.8) is 0 Å². The average Bonchev–Trinajstić information content (AvgIpc) is 2.84. The summed E-state index contributed by atoms with van der Waals surface area (Å²) in [5.41, 5.74) is 1.07. The van der Waals surface area contributed by atoms with Crippen LogP contribution in [-0.4, -0.2) is 29.6 Å². The highest BCUT2D eigenvalue weighted by molar-refractivity contribution is 7.10. The van der Waals surface area contributed by atoms with Gasteiger partial charge in [-0.05, 0) is 39.7 Å². The van der Waals surface area contributed by atoms with E-state index in [-0.39, 0.29) is 0 Å². The van der Waals surface area contributed by atoms with E-state index in [0.29, 0.717) is 11.6 Å². The van der Waals surface area contributed by atoms with Crippen LogP contribution in [0.1, 0.15) is 44.1 Å². The maximum atomic E-state index is 8.80. The van der Waals surface area contributed by atoms with Crippen LogP contribution in [0.4, 0.5) is 0 Å². The van der Waals surface area contributed by atoms with Gasteiger partial charge in [0.05, 0.1) is 5.56 Å². The van der Waals surface area contributed by atoms with Crippen molar-refractivity contribution >= 4 is 11.3 Å². The molecular formula is C15H23N3S. The van der Waals surface area contributed by atoms with E-state index in [9.17, 15) is 0 Å². The van der Waals surface area contributed by atoms with Gasteiger partial charge in [0.15, 0.2) is 0 Å². The Morgan fingerprint density at radius 1 is 1.42 bits per heavy atom. The molecule has 104 valence electrons. The average molecular weight is 277 g/mol. The zero-order valence-electron chi connectivity index (χ0n) is 12.1. The van der Waals surface area contributed by atoms with Crippen LogP contribution < -0.4 is 5.32 Å². The van der Waals surface area contributed by atoms with Gasteiger partial charge in [0.25, 0.3) is 0 Å². The Balaban J connectivity index is 1.76. The number of nitriles is 1. The summed E-state index contributed by atoms with van der Waals surface area (Å²) in [7, 11) is 0. The molecule has 4 heteroatoms. The number of rotatable bonds is 3. The summed E-state index contributed by atoms with van der Waals surface area (Å²) in [6.45, 7) is 10.1. The zero-order chi connectivity index (χ0) is 13.9. The number of nitrogens with zero attached hydrogens (tertiary/aromatic N) is 2. The SMILES string of the molecule is CC(C)(C)N1CCC(NCc2cc(C#N)cs2)CC1. The lowest BCUT2D eigenvalue weighted by Gasteiger charge is -2.41. The maximum absolute atomic E-state index is 8.80. The summed E-state index contributed by atoms with van der Waals surface area (Å²) < 4.78 is 0. The van der Waals surface area contributed by atoms with Gasteiger partial charge in [0.2, 0.25) is 0 Å². The van der Waals surface area contributed by atoms with Gasteiger partial charge < -0.3 is 5.32 Å². The van der Waals surface area contributed by atoms with Gasteiger partial charge >= 0.3 is 0 Å². The quantitative estimate of drug-likeness (QED) is 0.923. The van der Waals surface area contributed by atoms with Crippen LogP contribution in [-0.2, 0) is 6.54 Å². The smallest absolute Gasteiger partial charge is 0.100 e. The predicted octanol–water partition coefficient (Wildman–Crippen LogP) is 2.97. The molecule has 0 unspecified atom stereocenters. The largest absolute Gasteiger partial charge is 0.309 e. The molecule has 3 nitrogen and oxygen atoms in total. The number of hydrogen-bond donors (Lipinski definition) is 1. The van der Waals surface area contributed by atoms with Crippen LogP contribution in [0.2, 0.25) is 0 Å². The second-order valence-electron chi connectivity index (χ2n) is 6.23. The fourth-order valence-electron chi connectivity index (χ4n) is 2.53. The first-order chi connectivity index (χ1) is 8.99. The summed E-state index contributed by atoms with van der Waals surface area (Å²) >= 11 is 1.67. The molecule has 0 saturated carbocycles. The summed E-state index contributed by atoms with van der Waals surface area (Å²) in [6, 6.07) is 4.79. The normalized spacial score (nSPS) is 18.4. The van der Waals surface area contributed by atoms with E-state index < -0.39 is 0 Å². The first-order valence-corrected chi connectivity index (χ1v) is 7.83. The minimum atomic E-state index is 0.292. The van der Waals surface area contributed by atoms with Crippen molar-refractivity contribution in [1.29, 1.82) is 5.26 Å². The Morgan fingerprint density at radius 3 is 2.63 bits per heavy atom. The fourth-order valence-corrected chi connectivity index (χ4v) is 3.29. The van der Waals surface area contributed by atoms with E-state index in [1.807, 2.05) is 11.4 Å². The van der Waals surface area contributed by atoms with Crippen LogP contribution in [0.25, 0.3) is 0 Å². The first kappa shape index (κ1) is 14.5. The van der Waals surface area contributed by atoms with Crippen LogP contribution in [0.15, 0.2) is 11.4 Å². The molecular weight excluding hydrogens is 254 g/mol. The molecule has 1 aliphatic rings. The van der Waals surface area contributed by atoms with E-state index in [2.05, 4.69) is 37.1 Å². The number of thiophene rings is 1. The summed E-state index contributed by atoms with van der Waals surface area (Å²) in [6.07, 6.45) is 2.43. The number of nitrogens with one attached hydrogen (secondary N) is 1. The third-order valence-corrected chi connectivity index (χ3v) is 4.73. The van der Waals surface area contributed by atoms with Crippen LogP contribution >= 0.6 is 11.3 Å². The molecule has 2 heterocycles. The molecule has 1 aliphatic heterocycles. The molecule has 1 saturated heterocycles. The molecule has 0 spiro atoms.